The van der Waals surface area contributed by atoms with Crippen LogP contribution in [-0.4, -0.2) is 54.7 Å². The number of ether oxygens (including phenoxy) is 2. The minimum absolute atomic E-state index is 0.0304. The summed E-state index contributed by atoms with van der Waals surface area (Å²) in [5, 5.41) is 8.87. The maximum Gasteiger partial charge on any atom is 0.158 e. The monoisotopic (exact) mass is 257 g/mol. The summed E-state index contributed by atoms with van der Waals surface area (Å²) in [6, 6.07) is 0.666. The van der Waals surface area contributed by atoms with Crippen molar-refractivity contribution in [3.05, 3.63) is 0 Å². The van der Waals surface area contributed by atoms with Crippen LogP contribution in [0.3, 0.4) is 0 Å². The van der Waals surface area contributed by atoms with Gasteiger partial charge in [-0.15, -0.1) is 0 Å². The number of hydrogen-bond acceptors (Lipinski definition) is 4. The molecule has 0 spiro atoms. The Kier molecular flexibility index (Phi) is 5.42. The maximum atomic E-state index is 8.87. The molecule has 0 aromatic heterocycles. The molecule has 0 aromatic rings. The van der Waals surface area contributed by atoms with Gasteiger partial charge in [-0.1, -0.05) is 0 Å². The highest BCUT2D eigenvalue weighted by atomic mass is 16.7. The van der Waals surface area contributed by atoms with E-state index in [-0.39, 0.29) is 19.0 Å². The zero-order valence-electron chi connectivity index (χ0n) is 11.7. The molecule has 4 nitrogen and oxygen atoms in total. The topological polar surface area (TPSA) is 41.9 Å². The zero-order valence-corrected chi connectivity index (χ0v) is 11.7. The van der Waals surface area contributed by atoms with Crippen LogP contribution < -0.4 is 0 Å². The number of piperidine rings is 1. The highest BCUT2D eigenvalue weighted by Gasteiger charge is 2.29. The Labute approximate surface area is 110 Å². The predicted octanol–water partition coefficient (Wildman–Crippen LogP) is 1.62. The third-order valence-corrected chi connectivity index (χ3v) is 4.17. The van der Waals surface area contributed by atoms with Gasteiger partial charge in [-0.2, -0.15) is 0 Å². The van der Waals surface area contributed by atoms with Crippen LogP contribution in [0.15, 0.2) is 0 Å². The van der Waals surface area contributed by atoms with Gasteiger partial charge in [0.15, 0.2) is 6.29 Å². The average molecular weight is 257 g/mol. The minimum Gasteiger partial charge on any atom is -0.396 e. The molecule has 0 saturated carbocycles. The Balaban J connectivity index is 1.66. The van der Waals surface area contributed by atoms with Gasteiger partial charge < -0.3 is 19.5 Å². The molecule has 0 aromatic carbocycles. The summed E-state index contributed by atoms with van der Waals surface area (Å²) in [7, 11) is 0. The number of aliphatic hydroxyl groups excluding tert-OH is 1. The average Bonchev–Trinajstić information content (AvgIpc) is 2.78. The lowest BCUT2D eigenvalue weighted by Gasteiger charge is -2.35. The van der Waals surface area contributed by atoms with Gasteiger partial charge in [0.05, 0.1) is 12.7 Å². The number of nitrogens with zero attached hydrogens (tertiary/aromatic N) is 1. The smallest absolute Gasteiger partial charge is 0.158 e. The molecule has 2 saturated heterocycles. The molecule has 2 heterocycles. The first kappa shape index (κ1) is 14.3. The summed E-state index contributed by atoms with van der Waals surface area (Å²) in [5.41, 5.74) is 0. The first-order valence-corrected chi connectivity index (χ1v) is 7.31. The Morgan fingerprint density at radius 2 is 2.00 bits per heavy atom. The van der Waals surface area contributed by atoms with Crippen LogP contribution in [0.25, 0.3) is 0 Å². The highest BCUT2D eigenvalue weighted by Crippen LogP contribution is 2.27. The van der Waals surface area contributed by atoms with Gasteiger partial charge in [-0.05, 0) is 52.1 Å². The molecule has 0 bridgehead atoms. The van der Waals surface area contributed by atoms with Crippen molar-refractivity contribution in [2.45, 2.75) is 58.0 Å². The molecule has 2 aliphatic rings. The van der Waals surface area contributed by atoms with E-state index in [0.717, 1.165) is 12.3 Å². The van der Waals surface area contributed by atoms with Crippen molar-refractivity contribution in [3.8, 4) is 0 Å². The van der Waals surface area contributed by atoms with Gasteiger partial charge in [-0.3, -0.25) is 0 Å². The van der Waals surface area contributed by atoms with Crippen LogP contribution in [0.2, 0.25) is 0 Å². The Bertz CT molecular complexity index is 239. The normalized spacial score (nSPS) is 31.3. The van der Waals surface area contributed by atoms with E-state index < -0.39 is 0 Å². The molecule has 2 unspecified atom stereocenters. The lowest BCUT2D eigenvalue weighted by Crippen LogP contribution is -2.39. The first-order valence-electron chi connectivity index (χ1n) is 7.31. The lowest BCUT2D eigenvalue weighted by molar-refractivity contribution is -0.0780. The third kappa shape index (κ3) is 3.92. The predicted molar refractivity (Wildman–Crippen MR) is 70.4 cm³/mol. The van der Waals surface area contributed by atoms with Gasteiger partial charge in [0.25, 0.3) is 0 Å². The van der Waals surface area contributed by atoms with Crippen molar-refractivity contribution >= 4 is 0 Å². The van der Waals surface area contributed by atoms with Crippen molar-refractivity contribution in [3.63, 3.8) is 0 Å². The fraction of sp³-hybridized carbons (Fsp3) is 1.00. The van der Waals surface area contributed by atoms with E-state index in [2.05, 4.69) is 18.7 Å². The van der Waals surface area contributed by atoms with Crippen LogP contribution in [0, 0.1) is 5.92 Å². The van der Waals surface area contributed by atoms with Gasteiger partial charge in [0, 0.05) is 19.1 Å². The molecule has 1 N–H and O–H groups in total. The van der Waals surface area contributed by atoms with Crippen LogP contribution >= 0.6 is 0 Å². The van der Waals surface area contributed by atoms with E-state index in [1.807, 2.05) is 0 Å². The van der Waals surface area contributed by atoms with E-state index >= 15 is 0 Å². The lowest BCUT2D eigenvalue weighted by atomic mass is 9.92. The largest absolute Gasteiger partial charge is 0.396 e. The van der Waals surface area contributed by atoms with Gasteiger partial charge in [0.2, 0.25) is 0 Å². The van der Waals surface area contributed by atoms with Crippen molar-refractivity contribution < 1.29 is 14.6 Å². The van der Waals surface area contributed by atoms with Gasteiger partial charge in [-0.25, -0.2) is 0 Å². The van der Waals surface area contributed by atoms with Crippen LogP contribution in [0.4, 0.5) is 0 Å². The summed E-state index contributed by atoms with van der Waals surface area (Å²) >= 11 is 0. The maximum absolute atomic E-state index is 8.87. The quantitative estimate of drug-likeness (QED) is 0.812. The fourth-order valence-corrected chi connectivity index (χ4v) is 2.90. The van der Waals surface area contributed by atoms with Crippen molar-refractivity contribution in [2.75, 3.05) is 26.3 Å². The molecule has 2 fully saturated rings. The molecule has 4 heteroatoms. The number of aliphatic hydroxyl groups is 1. The number of rotatable bonds is 5. The van der Waals surface area contributed by atoms with E-state index in [1.54, 1.807) is 0 Å². The zero-order chi connectivity index (χ0) is 13.0. The summed E-state index contributed by atoms with van der Waals surface area (Å²) in [4.78, 5) is 2.54. The van der Waals surface area contributed by atoms with E-state index in [0.29, 0.717) is 19.1 Å². The summed E-state index contributed by atoms with van der Waals surface area (Å²) in [6.45, 7) is 7.78. The molecule has 18 heavy (non-hydrogen) atoms. The first-order chi connectivity index (χ1) is 8.69. The Morgan fingerprint density at radius 1 is 1.28 bits per heavy atom. The molecular formula is C14H27NO3. The SMILES string of the molecule is CC(C)N1CCC(CC2OCC(CCO)O2)CC1. The minimum atomic E-state index is -0.0304. The number of likely N-dealkylation sites (tertiary alicyclic amines) is 1. The van der Waals surface area contributed by atoms with Crippen molar-refractivity contribution in [1.29, 1.82) is 0 Å². The Morgan fingerprint density at radius 3 is 2.61 bits per heavy atom. The molecule has 2 rings (SSSR count). The molecule has 2 atom stereocenters. The third-order valence-electron chi connectivity index (χ3n) is 4.17. The second kappa shape index (κ2) is 6.85. The summed E-state index contributed by atoms with van der Waals surface area (Å²) < 4.78 is 11.4. The fourth-order valence-electron chi connectivity index (χ4n) is 2.90. The second-order valence-corrected chi connectivity index (χ2v) is 5.84. The highest BCUT2D eigenvalue weighted by molar-refractivity contribution is 4.76. The van der Waals surface area contributed by atoms with Crippen molar-refractivity contribution in [1.82, 2.24) is 4.90 Å². The molecular weight excluding hydrogens is 230 g/mol. The molecule has 2 aliphatic heterocycles. The van der Waals surface area contributed by atoms with Crippen LogP contribution in [0.5, 0.6) is 0 Å². The summed E-state index contributed by atoms with van der Waals surface area (Å²) in [6.07, 6.45) is 4.31. The van der Waals surface area contributed by atoms with E-state index in [9.17, 15) is 0 Å². The molecule has 0 amide bonds. The van der Waals surface area contributed by atoms with E-state index in [1.165, 1.54) is 25.9 Å². The molecule has 0 aliphatic carbocycles. The summed E-state index contributed by atoms with van der Waals surface area (Å²) in [5.74, 6) is 0.734. The molecule has 0 radical (unpaired) electrons. The van der Waals surface area contributed by atoms with Crippen LogP contribution in [0.1, 0.15) is 39.5 Å². The van der Waals surface area contributed by atoms with Crippen molar-refractivity contribution in [2.24, 2.45) is 5.92 Å². The molecule has 106 valence electrons. The van der Waals surface area contributed by atoms with E-state index in [4.69, 9.17) is 14.6 Å². The standard InChI is InChI=1S/C14H27NO3/c1-11(2)15-6-3-12(4-7-15)9-14-17-10-13(18-14)5-8-16/h11-14,16H,3-10H2,1-2H3. The number of hydrogen-bond donors (Lipinski definition) is 1. The second-order valence-electron chi connectivity index (χ2n) is 5.84. The van der Waals surface area contributed by atoms with Gasteiger partial charge >= 0.3 is 0 Å². The van der Waals surface area contributed by atoms with Crippen LogP contribution in [-0.2, 0) is 9.47 Å². The Hall–Kier alpha value is -0.160. The van der Waals surface area contributed by atoms with Gasteiger partial charge in [0.1, 0.15) is 0 Å².